The van der Waals surface area contributed by atoms with Gasteiger partial charge in [-0.15, -0.1) is 0 Å². The van der Waals surface area contributed by atoms with Crippen molar-refractivity contribution in [3.63, 3.8) is 0 Å². The maximum absolute atomic E-state index is 12.2. The number of aliphatic hydroxyl groups excluding tert-OH is 1. The van der Waals surface area contributed by atoms with Crippen molar-refractivity contribution in [3.8, 4) is 0 Å². The third-order valence-electron chi connectivity index (χ3n) is 4.46. The van der Waals surface area contributed by atoms with Gasteiger partial charge in [-0.3, -0.25) is 4.79 Å². The maximum Gasteiger partial charge on any atom is 0.241 e. The molecule has 3 N–H and O–H groups in total. The molecular formula is C17H26N2O2. The number of nitrogens with one attached hydrogen (secondary N) is 2. The first-order valence-corrected chi connectivity index (χ1v) is 7.95. The van der Waals surface area contributed by atoms with E-state index in [0.29, 0.717) is 12.5 Å². The lowest BCUT2D eigenvalue weighted by molar-refractivity contribution is -0.118. The Kier molecular flexibility index (Phi) is 5.76. The first-order valence-electron chi connectivity index (χ1n) is 7.95. The molecule has 2 rings (SSSR count). The number of carbonyl (C=O) groups is 1. The van der Waals surface area contributed by atoms with Crippen LogP contribution in [0, 0.1) is 5.92 Å². The largest absolute Gasteiger partial charge is 0.392 e. The summed E-state index contributed by atoms with van der Waals surface area (Å²) >= 11 is 0. The van der Waals surface area contributed by atoms with Crippen molar-refractivity contribution >= 4 is 11.6 Å². The van der Waals surface area contributed by atoms with Crippen LogP contribution < -0.4 is 10.6 Å². The van der Waals surface area contributed by atoms with Gasteiger partial charge >= 0.3 is 0 Å². The number of hydrogen-bond acceptors (Lipinski definition) is 3. The van der Waals surface area contributed by atoms with Crippen LogP contribution in [0.4, 0.5) is 5.69 Å². The van der Waals surface area contributed by atoms with E-state index in [1.165, 1.54) is 5.56 Å². The summed E-state index contributed by atoms with van der Waals surface area (Å²) in [6, 6.07) is 7.69. The highest BCUT2D eigenvalue weighted by atomic mass is 16.3. The topological polar surface area (TPSA) is 61.4 Å². The minimum Gasteiger partial charge on any atom is -0.392 e. The number of amides is 1. The molecular weight excluding hydrogens is 264 g/mol. The van der Waals surface area contributed by atoms with Gasteiger partial charge in [-0.05, 0) is 30.4 Å². The van der Waals surface area contributed by atoms with E-state index < -0.39 is 6.10 Å². The van der Waals surface area contributed by atoms with Crippen LogP contribution in [0.3, 0.4) is 0 Å². The lowest BCUT2D eigenvalue weighted by atomic mass is 9.96. The van der Waals surface area contributed by atoms with Gasteiger partial charge in [0.15, 0.2) is 0 Å². The number of fused-ring (bicyclic) bond motifs is 1. The van der Waals surface area contributed by atoms with E-state index in [1.54, 1.807) is 0 Å². The van der Waals surface area contributed by atoms with Gasteiger partial charge in [0.25, 0.3) is 0 Å². The lowest BCUT2D eigenvalue weighted by Gasteiger charge is -2.23. The van der Waals surface area contributed by atoms with Gasteiger partial charge in [0.1, 0.15) is 0 Å². The summed E-state index contributed by atoms with van der Waals surface area (Å²) in [5, 5.41) is 16.4. The standard InChI is InChI=1S/C17H26N2O2/c1-3-12(4-2)16(20)11-18-15-10-9-13-7-5-6-8-14(13)19-17(15)21/h5-8,12,15-16,18,20H,3-4,9-11H2,1-2H3,(H,19,21). The predicted octanol–water partition coefficient (Wildman–Crippen LogP) is 2.33. The summed E-state index contributed by atoms with van der Waals surface area (Å²) in [4.78, 5) is 12.2. The van der Waals surface area contributed by atoms with Crippen LogP contribution in [0.2, 0.25) is 0 Å². The average molecular weight is 290 g/mol. The Bertz CT molecular complexity index is 472. The molecule has 116 valence electrons. The Labute approximate surface area is 126 Å². The average Bonchev–Trinajstić information content (AvgIpc) is 2.65. The number of carbonyl (C=O) groups excluding carboxylic acids is 1. The minimum atomic E-state index is -0.390. The highest BCUT2D eigenvalue weighted by molar-refractivity contribution is 5.96. The van der Waals surface area contributed by atoms with E-state index in [1.807, 2.05) is 18.2 Å². The van der Waals surface area contributed by atoms with Crippen molar-refractivity contribution in [1.82, 2.24) is 5.32 Å². The minimum absolute atomic E-state index is 0.00306. The highest BCUT2D eigenvalue weighted by Gasteiger charge is 2.24. The first-order chi connectivity index (χ1) is 10.2. The van der Waals surface area contributed by atoms with Gasteiger partial charge in [0, 0.05) is 12.2 Å². The molecule has 4 nitrogen and oxygen atoms in total. The van der Waals surface area contributed by atoms with Crippen molar-refractivity contribution in [2.24, 2.45) is 5.92 Å². The first kappa shape index (κ1) is 16.0. The summed E-state index contributed by atoms with van der Waals surface area (Å²) in [7, 11) is 0. The van der Waals surface area contributed by atoms with Gasteiger partial charge in [0.05, 0.1) is 12.1 Å². The van der Waals surface area contributed by atoms with Gasteiger partial charge in [-0.2, -0.15) is 0 Å². The molecule has 4 heteroatoms. The number of para-hydroxylation sites is 1. The Hall–Kier alpha value is -1.39. The monoisotopic (exact) mass is 290 g/mol. The zero-order chi connectivity index (χ0) is 15.2. The molecule has 0 saturated carbocycles. The fourth-order valence-electron chi connectivity index (χ4n) is 2.97. The van der Waals surface area contributed by atoms with Gasteiger partial charge in [0.2, 0.25) is 5.91 Å². The molecule has 1 amide bonds. The molecule has 1 aromatic rings. The summed E-state index contributed by atoms with van der Waals surface area (Å²) in [5.74, 6) is 0.292. The molecule has 2 atom stereocenters. The lowest BCUT2D eigenvalue weighted by Crippen LogP contribution is -2.44. The zero-order valence-corrected chi connectivity index (χ0v) is 12.9. The number of aryl methyl sites for hydroxylation is 1. The number of hydrogen-bond donors (Lipinski definition) is 3. The van der Waals surface area contributed by atoms with Crippen LogP contribution in [0.5, 0.6) is 0 Å². The van der Waals surface area contributed by atoms with Gasteiger partial charge < -0.3 is 15.7 Å². The molecule has 0 spiro atoms. The molecule has 0 bridgehead atoms. The van der Waals surface area contributed by atoms with Gasteiger partial charge in [-0.25, -0.2) is 0 Å². The SMILES string of the molecule is CCC(CC)C(O)CNC1CCc2ccccc2NC1=O. The molecule has 0 aromatic heterocycles. The summed E-state index contributed by atoms with van der Waals surface area (Å²) in [6.07, 6.45) is 3.16. The number of anilines is 1. The van der Waals surface area contributed by atoms with Crippen molar-refractivity contribution in [3.05, 3.63) is 29.8 Å². The maximum atomic E-state index is 12.2. The van der Waals surface area contributed by atoms with Crippen molar-refractivity contribution in [2.75, 3.05) is 11.9 Å². The van der Waals surface area contributed by atoms with Crippen LogP contribution in [0.1, 0.15) is 38.7 Å². The van der Waals surface area contributed by atoms with Crippen molar-refractivity contribution in [2.45, 2.75) is 51.7 Å². The molecule has 1 aliphatic rings. The van der Waals surface area contributed by atoms with Crippen LogP contribution >= 0.6 is 0 Å². The third kappa shape index (κ3) is 4.05. The zero-order valence-electron chi connectivity index (χ0n) is 12.9. The van der Waals surface area contributed by atoms with Crippen LogP contribution in [-0.4, -0.2) is 29.7 Å². The second-order valence-corrected chi connectivity index (χ2v) is 5.79. The van der Waals surface area contributed by atoms with E-state index in [4.69, 9.17) is 0 Å². The molecule has 2 unspecified atom stereocenters. The van der Waals surface area contributed by atoms with E-state index >= 15 is 0 Å². The Morgan fingerprint density at radius 3 is 2.76 bits per heavy atom. The summed E-state index contributed by atoms with van der Waals surface area (Å²) < 4.78 is 0. The van der Waals surface area contributed by atoms with E-state index in [2.05, 4.69) is 30.5 Å². The Morgan fingerprint density at radius 1 is 1.33 bits per heavy atom. The molecule has 0 fully saturated rings. The fourth-order valence-corrected chi connectivity index (χ4v) is 2.97. The molecule has 0 radical (unpaired) electrons. The predicted molar refractivity (Wildman–Crippen MR) is 85.3 cm³/mol. The fraction of sp³-hybridized carbons (Fsp3) is 0.588. The number of rotatable bonds is 6. The second-order valence-electron chi connectivity index (χ2n) is 5.79. The smallest absolute Gasteiger partial charge is 0.241 e. The van der Waals surface area contributed by atoms with Crippen molar-refractivity contribution in [1.29, 1.82) is 0 Å². The molecule has 0 aliphatic carbocycles. The van der Waals surface area contributed by atoms with Gasteiger partial charge in [-0.1, -0.05) is 44.9 Å². The van der Waals surface area contributed by atoms with Crippen molar-refractivity contribution < 1.29 is 9.90 Å². The summed E-state index contributed by atoms with van der Waals surface area (Å²) in [6.45, 7) is 4.65. The normalized spacial score (nSPS) is 19.8. The van der Waals surface area contributed by atoms with E-state index in [9.17, 15) is 9.90 Å². The van der Waals surface area contributed by atoms with E-state index in [0.717, 1.165) is 31.4 Å². The highest BCUT2D eigenvalue weighted by Crippen LogP contribution is 2.21. The third-order valence-corrected chi connectivity index (χ3v) is 4.46. The van der Waals surface area contributed by atoms with Crippen LogP contribution in [0.25, 0.3) is 0 Å². The Morgan fingerprint density at radius 2 is 2.05 bits per heavy atom. The summed E-state index contributed by atoms with van der Waals surface area (Å²) in [5.41, 5.74) is 2.09. The quantitative estimate of drug-likeness (QED) is 0.753. The number of aliphatic hydroxyl groups is 1. The molecule has 0 saturated heterocycles. The molecule has 1 heterocycles. The van der Waals surface area contributed by atoms with Crippen LogP contribution in [-0.2, 0) is 11.2 Å². The second kappa shape index (κ2) is 7.57. The number of benzene rings is 1. The van der Waals surface area contributed by atoms with E-state index in [-0.39, 0.29) is 11.9 Å². The molecule has 1 aromatic carbocycles. The molecule has 21 heavy (non-hydrogen) atoms. The molecule has 1 aliphatic heterocycles. The van der Waals surface area contributed by atoms with Crippen LogP contribution in [0.15, 0.2) is 24.3 Å². The Balaban J connectivity index is 1.92.